The van der Waals surface area contributed by atoms with Crippen molar-refractivity contribution in [1.29, 1.82) is 0 Å². The van der Waals surface area contributed by atoms with Crippen molar-refractivity contribution in [3.8, 4) is 11.4 Å². The highest BCUT2D eigenvalue weighted by molar-refractivity contribution is 7.86. The summed E-state index contributed by atoms with van der Waals surface area (Å²) in [5.74, 6) is -5.06. The van der Waals surface area contributed by atoms with E-state index in [-0.39, 0.29) is 37.6 Å². The average molecular weight is 388 g/mol. The third-order valence-corrected chi connectivity index (χ3v) is 6.33. The smallest absolute Gasteiger partial charge is 0.276 e. The van der Waals surface area contributed by atoms with E-state index in [0.717, 1.165) is 4.31 Å². The molecule has 1 aromatic heterocycles. The number of hydrogen-bond donors (Lipinski definition) is 1. The van der Waals surface area contributed by atoms with Crippen LogP contribution < -0.4 is 5.14 Å². The van der Waals surface area contributed by atoms with Gasteiger partial charge in [0.2, 0.25) is 11.7 Å². The minimum absolute atomic E-state index is 0.0271. The van der Waals surface area contributed by atoms with Crippen molar-refractivity contribution in [3.05, 3.63) is 36.0 Å². The Morgan fingerprint density at radius 1 is 1.27 bits per heavy atom. The predicted molar refractivity (Wildman–Crippen MR) is 83.7 cm³/mol. The third kappa shape index (κ3) is 2.53. The number of halogens is 3. The van der Waals surface area contributed by atoms with Gasteiger partial charge in [0.15, 0.2) is 0 Å². The van der Waals surface area contributed by atoms with Gasteiger partial charge in [-0.1, -0.05) is 17.3 Å². The van der Waals surface area contributed by atoms with E-state index >= 15 is 0 Å². The summed E-state index contributed by atoms with van der Waals surface area (Å²) in [5.41, 5.74) is -1.10. The predicted octanol–water partition coefficient (Wildman–Crippen LogP) is 1.89. The first kappa shape index (κ1) is 17.4. The van der Waals surface area contributed by atoms with Gasteiger partial charge in [-0.05, 0) is 25.0 Å². The van der Waals surface area contributed by atoms with E-state index in [9.17, 15) is 21.6 Å². The van der Waals surface area contributed by atoms with Crippen molar-refractivity contribution >= 4 is 10.2 Å². The zero-order valence-electron chi connectivity index (χ0n) is 13.4. The van der Waals surface area contributed by atoms with E-state index < -0.39 is 33.3 Å². The fourth-order valence-corrected chi connectivity index (χ4v) is 4.45. The largest absolute Gasteiger partial charge is 0.338 e. The monoisotopic (exact) mass is 388 g/mol. The highest BCUT2D eigenvalue weighted by Gasteiger charge is 2.82. The molecule has 0 unspecified atom stereocenters. The van der Waals surface area contributed by atoms with Gasteiger partial charge in [0.1, 0.15) is 11.7 Å². The maximum Gasteiger partial charge on any atom is 0.276 e. The lowest BCUT2D eigenvalue weighted by molar-refractivity contribution is 0.0406. The molecule has 2 heterocycles. The van der Waals surface area contributed by atoms with E-state index in [1.165, 1.54) is 18.2 Å². The Morgan fingerprint density at radius 2 is 1.96 bits per heavy atom. The van der Waals surface area contributed by atoms with Crippen molar-refractivity contribution in [2.45, 2.75) is 24.7 Å². The van der Waals surface area contributed by atoms with E-state index in [1.807, 2.05) is 0 Å². The molecule has 140 valence electrons. The van der Waals surface area contributed by atoms with Crippen molar-refractivity contribution in [2.75, 3.05) is 13.1 Å². The van der Waals surface area contributed by atoms with Crippen LogP contribution in [-0.4, -0.2) is 41.9 Å². The molecule has 0 radical (unpaired) electrons. The molecule has 1 atom stereocenters. The normalized spacial score (nSPS) is 24.7. The van der Waals surface area contributed by atoms with Crippen LogP contribution in [0.1, 0.15) is 24.7 Å². The molecule has 2 aromatic rings. The lowest BCUT2D eigenvalue weighted by Crippen LogP contribution is -2.43. The van der Waals surface area contributed by atoms with Gasteiger partial charge in [0.25, 0.3) is 16.1 Å². The lowest BCUT2D eigenvalue weighted by atomic mass is 9.91. The SMILES string of the molecule is NS(=O)(=O)N1CCC2(CC1)[C@H](c1nc(-c3cccc(F)c3)no1)C2(F)F. The first-order chi connectivity index (χ1) is 12.1. The topological polar surface area (TPSA) is 102 Å². The molecule has 1 aliphatic heterocycles. The van der Waals surface area contributed by atoms with Crippen molar-refractivity contribution in [3.63, 3.8) is 0 Å². The number of rotatable bonds is 3. The summed E-state index contributed by atoms with van der Waals surface area (Å²) in [6.07, 6.45) is -0.114. The van der Waals surface area contributed by atoms with Crippen molar-refractivity contribution in [2.24, 2.45) is 10.6 Å². The second-order valence-electron chi connectivity index (χ2n) is 6.62. The van der Waals surface area contributed by atoms with Gasteiger partial charge < -0.3 is 4.52 Å². The van der Waals surface area contributed by atoms with Gasteiger partial charge in [-0.15, -0.1) is 0 Å². The fraction of sp³-hybridized carbons (Fsp3) is 0.467. The zero-order chi connectivity index (χ0) is 18.7. The number of benzene rings is 1. The van der Waals surface area contributed by atoms with Crippen molar-refractivity contribution < 1.29 is 26.1 Å². The number of aromatic nitrogens is 2. The highest BCUT2D eigenvalue weighted by atomic mass is 32.2. The van der Waals surface area contributed by atoms with Crippen LogP contribution in [0.15, 0.2) is 28.8 Å². The summed E-state index contributed by atoms with van der Waals surface area (Å²) in [7, 11) is -3.90. The molecule has 1 aliphatic carbocycles. The van der Waals surface area contributed by atoms with Crippen LogP contribution in [0.4, 0.5) is 13.2 Å². The molecule has 0 amide bonds. The van der Waals surface area contributed by atoms with Crippen LogP contribution in [0.2, 0.25) is 0 Å². The molecular formula is C15H15F3N4O3S. The van der Waals surface area contributed by atoms with Gasteiger partial charge in [-0.25, -0.2) is 18.3 Å². The number of nitrogens with zero attached hydrogens (tertiary/aromatic N) is 3. The van der Waals surface area contributed by atoms with Crippen LogP contribution in [0.3, 0.4) is 0 Å². The first-order valence-corrected chi connectivity index (χ1v) is 9.41. The Balaban J connectivity index is 1.58. The summed E-state index contributed by atoms with van der Waals surface area (Å²) in [6, 6.07) is 5.42. The maximum absolute atomic E-state index is 14.5. The molecule has 1 aromatic carbocycles. The van der Waals surface area contributed by atoms with Crippen LogP contribution >= 0.6 is 0 Å². The van der Waals surface area contributed by atoms with Gasteiger partial charge >= 0.3 is 0 Å². The fourth-order valence-electron chi connectivity index (χ4n) is 3.76. The minimum Gasteiger partial charge on any atom is -0.338 e. The second kappa shape index (κ2) is 5.51. The van der Waals surface area contributed by atoms with E-state index in [0.29, 0.717) is 5.56 Å². The molecule has 4 rings (SSSR count). The molecule has 0 bridgehead atoms. The molecule has 2 fully saturated rings. The Labute approximate surface area is 147 Å². The molecule has 7 nitrogen and oxygen atoms in total. The molecule has 26 heavy (non-hydrogen) atoms. The van der Waals surface area contributed by atoms with Crippen LogP contribution in [0.25, 0.3) is 11.4 Å². The Kier molecular flexibility index (Phi) is 3.69. The average Bonchev–Trinajstić information content (AvgIpc) is 2.90. The highest BCUT2D eigenvalue weighted by Crippen LogP contribution is 2.75. The molecular weight excluding hydrogens is 373 g/mol. The van der Waals surface area contributed by atoms with Gasteiger partial charge in [0, 0.05) is 18.7 Å². The van der Waals surface area contributed by atoms with Crippen molar-refractivity contribution in [1.82, 2.24) is 14.4 Å². The molecule has 1 spiro atoms. The molecule has 2 aliphatic rings. The Bertz CT molecular complexity index is 955. The first-order valence-electron chi connectivity index (χ1n) is 7.90. The van der Waals surface area contributed by atoms with Gasteiger partial charge in [-0.2, -0.15) is 17.7 Å². The Hall–Kier alpha value is -1.98. The van der Waals surface area contributed by atoms with Crippen LogP contribution in [0, 0.1) is 11.2 Å². The zero-order valence-corrected chi connectivity index (χ0v) is 14.2. The minimum atomic E-state index is -3.90. The van der Waals surface area contributed by atoms with E-state index in [2.05, 4.69) is 10.1 Å². The summed E-state index contributed by atoms with van der Waals surface area (Å²) in [5, 5.41) is 8.73. The summed E-state index contributed by atoms with van der Waals surface area (Å²) in [6.45, 7) is -0.175. The molecule has 1 saturated heterocycles. The summed E-state index contributed by atoms with van der Waals surface area (Å²) in [4.78, 5) is 4.02. The number of piperidine rings is 1. The van der Waals surface area contributed by atoms with Crippen LogP contribution in [0.5, 0.6) is 0 Å². The number of alkyl halides is 2. The van der Waals surface area contributed by atoms with Crippen LogP contribution in [-0.2, 0) is 10.2 Å². The molecule has 2 N–H and O–H groups in total. The quantitative estimate of drug-likeness (QED) is 0.865. The van der Waals surface area contributed by atoms with E-state index in [4.69, 9.17) is 9.66 Å². The van der Waals surface area contributed by atoms with Gasteiger partial charge in [0.05, 0.1) is 5.41 Å². The summed E-state index contributed by atoms with van der Waals surface area (Å²) < 4.78 is 71.1. The number of nitrogens with two attached hydrogens (primary N) is 1. The number of hydrogen-bond acceptors (Lipinski definition) is 5. The summed E-state index contributed by atoms with van der Waals surface area (Å²) >= 11 is 0. The second-order valence-corrected chi connectivity index (χ2v) is 8.17. The van der Waals surface area contributed by atoms with E-state index in [1.54, 1.807) is 6.07 Å². The van der Waals surface area contributed by atoms with Gasteiger partial charge in [-0.3, -0.25) is 0 Å². The molecule has 11 heteroatoms. The maximum atomic E-state index is 14.5. The third-order valence-electron chi connectivity index (χ3n) is 5.24. The standard InChI is InChI=1S/C15H15F3N4O3S/c16-10-3-1-2-9(8-10)12-20-13(25-21-12)11-14(15(11,17)18)4-6-22(7-5-14)26(19,23)24/h1-3,8,11H,4-7H2,(H2,19,23,24)/t11-/m0/s1. The Morgan fingerprint density at radius 3 is 2.58 bits per heavy atom. The lowest BCUT2D eigenvalue weighted by Gasteiger charge is -2.30. The molecule has 1 saturated carbocycles.